The van der Waals surface area contributed by atoms with Crippen LogP contribution in [0.5, 0.6) is 0 Å². The van der Waals surface area contributed by atoms with Crippen LogP contribution in [0.3, 0.4) is 0 Å². The Morgan fingerprint density at radius 1 is 0.955 bits per heavy atom. The van der Waals surface area contributed by atoms with Crippen LogP contribution in [0, 0.1) is 0 Å². The van der Waals surface area contributed by atoms with Gasteiger partial charge in [-0.15, -0.1) is 0 Å². The summed E-state index contributed by atoms with van der Waals surface area (Å²) >= 11 is 0. The molecule has 0 aliphatic heterocycles. The zero-order valence-electron chi connectivity index (χ0n) is 12.7. The molecule has 1 N–H and O–H groups in total. The van der Waals surface area contributed by atoms with Gasteiger partial charge in [-0.05, 0) is 24.5 Å². The van der Waals surface area contributed by atoms with Crippen molar-refractivity contribution >= 4 is 11.8 Å². The molecule has 0 unspecified atom stereocenters. The lowest BCUT2D eigenvalue weighted by atomic mass is 9.91. The Hall–Kier alpha value is -2.42. The van der Waals surface area contributed by atoms with Crippen LogP contribution in [-0.2, 0) is 6.42 Å². The third kappa shape index (κ3) is 3.61. The minimum atomic E-state index is -1.06. The highest BCUT2D eigenvalue weighted by molar-refractivity contribution is 6.15. The highest BCUT2D eigenvalue weighted by Gasteiger charge is 2.21. The molecule has 0 saturated carbocycles. The van der Waals surface area contributed by atoms with Crippen molar-refractivity contribution in [2.75, 3.05) is 0 Å². The summed E-state index contributed by atoms with van der Waals surface area (Å²) in [6, 6.07) is 13.9. The molecule has 0 heterocycles. The average Bonchev–Trinajstić information content (AvgIpc) is 2.55. The van der Waals surface area contributed by atoms with Gasteiger partial charge in [0.25, 0.3) is 0 Å². The van der Waals surface area contributed by atoms with E-state index >= 15 is 0 Å². The fourth-order valence-electron chi connectivity index (χ4n) is 2.55. The van der Waals surface area contributed by atoms with Crippen molar-refractivity contribution in [1.82, 2.24) is 0 Å². The molecule has 0 aliphatic carbocycles. The van der Waals surface area contributed by atoms with E-state index in [9.17, 15) is 14.7 Å². The summed E-state index contributed by atoms with van der Waals surface area (Å²) in [4.78, 5) is 24.2. The molecule has 0 amide bonds. The maximum atomic E-state index is 12.8. The van der Waals surface area contributed by atoms with Crippen molar-refractivity contribution in [3.8, 4) is 0 Å². The minimum Gasteiger partial charge on any atom is -0.478 e. The summed E-state index contributed by atoms with van der Waals surface area (Å²) in [5.41, 5.74) is 1.76. The van der Waals surface area contributed by atoms with Gasteiger partial charge in [-0.25, -0.2) is 4.79 Å². The van der Waals surface area contributed by atoms with Crippen LogP contribution < -0.4 is 0 Å². The van der Waals surface area contributed by atoms with Gasteiger partial charge in [0.2, 0.25) is 0 Å². The number of hydrogen-bond acceptors (Lipinski definition) is 2. The summed E-state index contributed by atoms with van der Waals surface area (Å²) in [5, 5.41) is 9.41. The van der Waals surface area contributed by atoms with Crippen LogP contribution in [0.25, 0.3) is 0 Å². The molecule has 3 heteroatoms. The first-order valence-corrected chi connectivity index (χ1v) is 7.60. The number of carbonyl (C=O) groups is 2. The fraction of sp³-hybridized carbons (Fsp3) is 0.263. The topological polar surface area (TPSA) is 54.4 Å². The van der Waals surface area contributed by atoms with Gasteiger partial charge in [0.05, 0.1) is 5.56 Å². The summed E-state index contributed by atoms with van der Waals surface area (Å²) in [6.45, 7) is 2.11. The molecule has 2 aromatic rings. The first-order chi connectivity index (χ1) is 10.6. The van der Waals surface area contributed by atoms with E-state index in [2.05, 4.69) is 6.92 Å². The van der Waals surface area contributed by atoms with Crippen LogP contribution in [0.15, 0.2) is 48.5 Å². The lowest BCUT2D eigenvalue weighted by Gasteiger charge is -2.12. The standard InChI is InChI=1S/C19H20O3/c1-2-3-5-9-14-12-8-13-16(19(21)22)17(14)18(20)15-10-6-4-7-11-15/h4,6-8,10-13H,2-3,5,9H2,1H3,(H,21,22). The van der Waals surface area contributed by atoms with Gasteiger partial charge in [-0.2, -0.15) is 0 Å². The molecule has 0 fully saturated rings. The molecule has 2 rings (SSSR count). The smallest absolute Gasteiger partial charge is 0.336 e. The van der Waals surface area contributed by atoms with Gasteiger partial charge in [-0.1, -0.05) is 62.2 Å². The monoisotopic (exact) mass is 296 g/mol. The summed E-state index contributed by atoms with van der Waals surface area (Å²) < 4.78 is 0. The summed E-state index contributed by atoms with van der Waals surface area (Å²) in [6.07, 6.45) is 3.83. The molecular weight excluding hydrogens is 276 g/mol. The first kappa shape index (κ1) is 16.0. The van der Waals surface area contributed by atoms with Crippen molar-refractivity contribution in [3.63, 3.8) is 0 Å². The summed E-state index contributed by atoms with van der Waals surface area (Å²) in [7, 11) is 0. The molecule has 22 heavy (non-hydrogen) atoms. The van der Waals surface area contributed by atoms with E-state index < -0.39 is 5.97 Å². The van der Waals surface area contributed by atoms with Crippen molar-refractivity contribution in [2.45, 2.75) is 32.6 Å². The zero-order valence-corrected chi connectivity index (χ0v) is 12.7. The Morgan fingerprint density at radius 2 is 1.68 bits per heavy atom. The highest BCUT2D eigenvalue weighted by Crippen LogP contribution is 2.21. The van der Waals surface area contributed by atoms with Gasteiger partial charge in [-0.3, -0.25) is 4.79 Å². The highest BCUT2D eigenvalue weighted by atomic mass is 16.4. The third-order valence-electron chi connectivity index (χ3n) is 3.69. The molecule has 0 atom stereocenters. The number of aromatic carboxylic acids is 1. The second-order valence-corrected chi connectivity index (χ2v) is 5.30. The van der Waals surface area contributed by atoms with Gasteiger partial charge >= 0.3 is 5.97 Å². The van der Waals surface area contributed by atoms with Crippen molar-refractivity contribution in [3.05, 3.63) is 70.8 Å². The zero-order chi connectivity index (χ0) is 15.9. The Balaban J connectivity index is 2.45. The first-order valence-electron chi connectivity index (χ1n) is 7.60. The second kappa shape index (κ2) is 7.55. The molecular formula is C19H20O3. The van der Waals surface area contributed by atoms with Gasteiger partial charge in [0, 0.05) is 11.1 Å². The number of ketones is 1. The lowest BCUT2D eigenvalue weighted by molar-refractivity contribution is 0.0692. The lowest BCUT2D eigenvalue weighted by Crippen LogP contribution is -2.13. The predicted molar refractivity (Wildman–Crippen MR) is 86.5 cm³/mol. The Morgan fingerprint density at radius 3 is 2.32 bits per heavy atom. The number of hydrogen-bond donors (Lipinski definition) is 1. The molecule has 2 aromatic carbocycles. The van der Waals surface area contributed by atoms with Gasteiger partial charge < -0.3 is 5.11 Å². The fourth-order valence-corrected chi connectivity index (χ4v) is 2.55. The number of benzene rings is 2. The van der Waals surface area contributed by atoms with E-state index in [0.717, 1.165) is 31.2 Å². The summed E-state index contributed by atoms with van der Waals surface area (Å²) in [5.74, 6) is -1.28. The van der Waals surface area contributed by atoms with E-state index in [0.29, 0.717) is 11.1 Å². The molecule has 0 aliphatic rings. The normalized spacial score (nSPS) is 10.4. The molecule has 114 valence electrons. The van der Waals surface area contributed by atoms with Crippen LogP contribution >= 0.6 is 0 Å². The molecule has 0 saturated heterocycles. The van der Waals surface area contributed by atoms with E-state index in [1.54, 1.807) is 30.3 Å². The van der Waals surface area contributed by atoms with E-state index in [4.69, 9.17) is 0 Å². The number of aryl methyl sites for hydroxylation is 1. The number of carboxylic acid groups (broad SMARTS) is 1. The Bertz CT molecular complexity index is 660. The minimum absolute atomic E-state index is 0.0860. The molecule has 3 nitrogen and oxygen atoms in total. The molecule has 0 radical (unpaired) electrons. The van der Waals surface area contributed by atoms with E-state index in [-0.39, 0.29) is 11.3 Å². The largest absolute Gasteiger partial charge is 0.478 e. The molecule has 0 aromatic heterocycles. The molecule has 0 bridgehead atoms. The average molecular weight is 296 g/mol. The van der Waals surface area contributed by atoms with Crippen molar-refractivity contribution in [1.29, 1.82) is 0 Å². The second-order valence-electron chi connectivity index (χ2n) is 5.30. The quantitative estimate of drug-likeness (QED) is 0.610. The third-order valence-corrected chi connectivity index (χ3v) is 3.69. The number of carbonyl (C=O) groups excluding carboxylic acids is 1. The van der Waals surface area contributed by atoms with Crippen LogP contribution in [0.1, 0.15) is 58.0 Å². The number of rotatable bonds is 7. The van der Waals surface area contributed by atoms with Crippen LogP contribution in [0.4, 0.5) is 0 Å². The number of unbranched alkanes of at least 4 members (excludes halogenated alkanes) is 2. The van der Waals surface area contributed by atoms with E-state index in [1.165, 1.54) is 6.07 Å². The van der Waals surface area contributed by atoms with Gasteiger partial charge in [0.1, 0.15) is 0 Å². The number of carboxylic acids is 1. The van der Waals surface area contributed by atoms with Gasteiger partial charge in [0.15, 0.2) is 5.78 Å². The van der Waals surface area contributed by atoms with Crippen molar-refractivity contribution < 1.29 is 14.7 Å². The Kier molecular flexibility index (Phi) is 5.48. The maximum absolute atomic E-state index is 12.8. The van der Waals surface area contributed by atoms with Crippen LogP contribution in [-0.4, -0.2) is 16.9 Å². The molecule has 0 spiro atoms. The Labute approximate surface area is 130 Å². The van der Waals surface area contributed by atoms with Crippen LogP contribution in [0.2, 0.25) is 0 Å². The maximum Gasteiger partial charge on any atom is 0.336 e. The van der Waals surface area contributed by atoms with Crippen molar-refractivity contribution in [2.24, 2.45) is 0 Å². The van der Waals surface area contributed by atoms with E-state index in [1.807, 2.05) is 12.1 Å². The predicted octanol–water partition coefficient (Wildman–Crippen LogP) is 4.35. The SMILES string of the molecule is CCCCCc1cccc(C(=O)O)c1C(=O)c1ccccc1.